The van der Waals surface area contributed by atoms with E-state index in [0.29, 0.717) is 0 Å². The van der Waals surface area contributed by atoms with Crippen molar-refractivity contribution in [2.75, 3.05) is 18.9 Å². The quantitative estimate of drug-likeness (QED) is 0.862. The summed E-state index contributed by atoms with van der Waals surface area (Å²) in [6, 6.07) is 10.2. The minimum Gasteiger partial charge on any atom is -0.370 e. The molecule has 0 unspecified atom stereocenters. The molecule has 0 aliphatic heterocycles. The topological polar surface area (TPSA) is 41.0 Å². The molecule has 2 aromatic rings. The van der Waals surface area contributed by atoms with Crippen molar-refractivity contribution in [2.45, 2.75) is 20.0 Å². The van der Waals surface area contributed by atoms with Crippen LogP contribution in [0.25, 0.3) is 0 Å². The number of hydrogen-bond acceptors (Lipinski definition) is 4. The molecule has 19 heavy (non-hydrogen) atoms. The first-order valence-corrected chi connectivity index (χ1v) is 6.55. The molecule has 0 aliphatic rings. The van der Waals surface area contributed by atoms with Gasteiger partial charge in [-0.3, -0.25) is 9.88 Å². The Balaban J connectivity index is 1.95. The van der Waals surface area contributed by atoms with Crippen molar-refractivity contribution in [3.8, 4) is 0 Å². The zero-order valence-corrected chi connectivity index (χ0v) is 11.5. The molecular formula is C15H20N4. The molecule has 0 bridgehead atoms. The summed E-state index contributed by atoms with van der Waals surface area (Å²) in [4.78, 5) is 10.9. The van der Waals surface area contributed by atoms with Crippen molar-refractivity contribution >= 4 is 5.82 Å². The molecular weight excluding hydrogens is 236 g/mol. The lowest BCUT2D eigenvalue weighted by Crippen LogP contribution is -2.18. The van der Waals surface area contributed by atoms with E-state index in [0.717, 1.165) is 31.1 Å². The molecule has 2 aromatic heterocycles. The van der Waals surface area contributed by atoms with Crippen LogP contribution in [0.15, 0.2) is 42.7 Å². The molecule has 4 heteroatoms. The van der Waals surface area contributed by atoms with Crippen LogP contribution in [0.4, 0.5) is 5.82 Å². The fourth-order valence-corrected chi connectivity index (χ4v) is 1.98. The zero-order chi connectivity index (χ0) is 13.5. The molecule has 0 spiro atoms. The molecule has 0 aromatic carbocycles. The fourth-order valence-electron chi connectivity index (χ4n) is 1.98. The van der Waals surface area contributed by atoms with Crippen molar-refractivity contribution < 1.29 is 0 Å². The fraction of sp³-hybridized carbons (Fsp3) is 0.333. The Bertz CT molecular complexity index is 499. The highest BCUT2D eigenvalue weighted by molar-refractivity contribution is 5.34. The molecule has 2 rings (SSSR count). The van der Waals surface area contributed by atoms with Gasteiger partial charge in [-0.25, -0.2) is 4.98 Å². The Morgan fingerprint density at radius 2 is 1.89 bits per heavy atom. The molecule has 0 radical (unpaired) electrons. The van der Waals surface area contributed by atoms with Gasteiger partial charge < -0.3 is 5.32 Å². The minimum absolute atomic E-state index is 0.835. The Hall–Kier alpha value is -1.94. The van der Waals surface area contributed by atoms with Crippen LogP contribution in [0, 0.1) is 0 Å². The maximum atomic E-state index is 4.58. The van der Waals surface area contributed by atoms with Gasteiger partial charge in [-0.1, -0.05) is 6.07 Å². The summed E-state index contributed by atoms with van der Waals surface area (Å²) < 4.78 is 0. The first kappa shape index (κ1) is 13.5. The van der Waals surface area contributed by atoms with Gasteiger partial charge in [-0.05, 0) is 43.8 Å². The molecule has 0 amide bonds. The summed E-state index contributed by atoms with van der Waals surface area (Å²) in [5.74, 6) is 0.942. The third kappa shape index (κ3) is 4.34. The normalized spacial score (nSPS) is 10.7. The van der Waals surface area contributed by atoms with Crippen LogP contribution in [-0.4, -0.2) is 28.5 Å². The molecule has 4 nitrogen and oxygen atoms in total. The highest BCUT2D eigenvalue weighted by Gasteiger charge is 2.03. The van der Waals surface area contributed by atoms with Gasteiger partial charge in [0.05, 0.1) is 5.69 Å². The van der Waals surface area contributed by atoms with Crippen molar-refractivity contribution in [3.63, 3.8) is 0 Å². The van der Waals surface area contributed by atoms with Gasteiger partial charge in [0.15, 0.2) is 0 Å². The van der Waals surface area contributed by atoms with E-state index < -0.39 is 0 Å². The highest BCUT2D eigenvalue weighted by atomic mass is 15.1. The van der Waals surface area contributed by atoms with E-state index >= 15 is 0 Å². The Kier molecular flexibility index (Phi) is 4.86. The maximum absolute atomic E-state index is 4.58. The number of nitrogens with zero attached hydrogens (tertiary/aromatic N) is 3. The number of aromatic nitrogens is 2. The first-order valence-electron chi connectivity index (χ1n) is 6.55. The predicted octanol–water partition coefficient (Wildman–Crippen LogP) is 2.54. The summed E-state index contributed by atoms with van der Waals surface area (Å²) >= 11 is 0. The number of nitrogens with one attached hydrogen (secondary N) is 1. The molecule has 2 heterocycles. The average Bonchev–Trinajstić information content (AvgIpc) is 2.40. The van der Waals surface area contributed by atoms with Gasteiger partial charge in [-0.15, -0.1) is 0 Å². The second-order valence-electron chi connectivity index (χ2n) is 4.57. The van der Waals surface area contributed by atoms with E-state index in [-0.39, 0.29) is 0 Å². The van der Waals surface area contributed by atoms with Crippen LogP contribution in [0.1, 0.15) is 18.2 Å². The van der Waals surface area contributed by atoms with E-state index in [1.165, 1.54) is 5.56 Å². The van der Waals surface area contributed by atoms with Crippen LogP contribution in [0.2, 0.25) is 0 Å². The first-order chi connectivity index (χ1) is 9.28. The van der Waals surface area contributed by atoms with Crippen LogP contribution >= 0.6 is 0 Å². The smallest absolute Gasteiger partial charge is 0.126 e. The van der Waals surface area contributed by atoms with Crippen molar-refractivity contribution in [1.82, 2.24) is 14.9 Å². The monoisotopic (exact) mass is 256 g/mol. The zero-order valence-electron chi connectivity index (χ0n) is 11.5. The van der Waals surface area contributed by atoms with Gasteiger partial charge in [0.25, 0.3) is 0 Å². The Labute approximate surface area is 114 Å². The van der Waals surface area contributed by atoms with E-state index in [9.17, 15) is 0 Å². The van der Waals surface area contributed by atoms with Crippen molar-refractivity contribution in [2.24, 2.45) is 0 Å². The van der Waals surface area contributed by atoms with Gasteiger partial charge >= 0.3 is 0 Å². The van der Waals surface area contributed by atoms with Crippen LogP contribution in [-0.2, 0) is 13.1 Å². The van der Waals surface area contributed by atoms with Crippen LogP contribution in [0.5, 0.6) is 0 Å². The minimum atomic E-state index is 0.835. The second-order valence-corrected chi connectivity index (χ2v) is 4.57. The maximum Gasteiger partial charge on any atom is 0.126 e. The SMILES string of the molecule is CCNc1cccc(CN(C)Cc2ccncc2)n1. The molecule has 0 aliphatic carbocycles. The summed E-state index contributed by atoms with van der Waals surface area (Å²) in [7, 11) is 2.10. The third-order valence-electron chi connectivity index (χ3n) is 2.80. The van der Waals surface area contributed by atoms with Crippen LogP contribution in [0.3, 0.4) is 0 Å². The number of anilines is 1. The molecule has 100 valence electrons. The number of hydrogen-bond donors (Lipinski definition) is 1. The number of rotatable bonds is 6. The molecule has 0 atom stereocenters. The number of pyridine rings is 2. The molecule has 0 fully saturated rings. The summed E-state index contributed by atoms with van der Waals surface area (Å²) in [6.07, 6.45) is 3.65. The van der Waals surface area contributed by atoms with E-state index in [1.807, 2.05) is 36.7 Å². The molecule has 1 N–H and O–H groups in total. The predicted molar refractivity (Wildman–Crippen MR) is 77.8 cm³/mol. The molecule has 0 saturated carbocycles. The summed E-state index contributed by atoms with van der Waals surface area (Å²) in [5, 5.41) is 3.23. The third-order valence-corrected chi connectivity index (χ3v) is 2.80. The van der Waals surface area contributed by atoms with E-state index in [1.54, 1.807) is 0 Å². The van der Waals surface area contributed by atoms with Gasteiger partial charge in [0.2, 0.25) is 0 Å². The summed E-state index contributed by atoms with van der Waals surface area (Å²) in [6.45, 7) is 4.70. The van der Waals surface area contributed by atoms with E-state index in [4.69, 9.17) is 0 Å². The lowest BCUT2D eigenvalue weighted by Gasteiger charge is -2.16. The summed E-state index contributed by atoms with van der Waals surface area (Å²) in [5.41, 5.74) is 2.34. The largest absolute Gasteiger partial charge is 0.370 e. The van der Waals surface area contributed by atoms with Crippen molar-refractivity contribution in [1.29, 1.82) is 0 Å². The van der Waals surface area contributed by atoms with Crippen LogP contribution < -0.4 is 5.32 Å². The van der Waals surface area contributed by atoms with Crippen molar-refractivity contribution in [3.05, 3.63) is 54.0 Å². The molecule has 0 saturated heterocycles. The highest BCUT2D eigenvalue weighted by Crippen LogP contribution is 2.08. The Morgan fingerprint density at radius 3 is 2.63 bits per heavy atom. The lowest BCUT2D eigenvalue weighted by atomic mass is 10.2. The lowest BCUT2D eigenvalue weighted by molar-refractivity contribution is 0.315. The Morgan fingerprint density at radius 1 is 1.11 bits per heavy atom. The standard InChI is InChI=1S/C15H20N4/c1-3-17-15-6-4-5-14(18-15)12-19(2)11-13-7-9-16-10-8-13/h4-10H,3,11-12H2,1-2H3,(H,17,18). The van der Waals surface area contributed by atoms with Gasteiger partial charge in [-0.2, -0.15) is 0 Å². The van der Waals surface area contributed by atoms with Gasteiger partial charge in [0.1, 0.15) is 5.82 Å². The van der Waals surface area contributed by atoms with E-state index in [2.05, 4.69) is 40.2 Å². The average molecular weight is 256 g/mol. The second kappa shape index (κ2) is 6.85. The van der Waals surface area contributed by atoms with Gasteiger partial charge in [0, 0.05) is 32.0 Å².